The standard InChI is InChI=1S/C23H26FN3O3S/c1-4-30-19-11-9-18(10-12-19)25-21(28)13-20-22(29)26(23(31)27(20)15(2)3)14-16-5-7-17(24)8-6-16/h5-12,15,20H,4,13-14H2,1-3H3,(H,25,28)/t20-/m0/s1. The van der Waals surface area contributed by atoms with E-state index in [2.05, 4.69) is 5.32 Å². The number of carbonyl (C=O) groups excluding carboxylic acids is 2. The topological polar surface area (TPSA) is 61.9 Å². The first-order valence-corrected chi connectivity index (χ1v) is 10.6. The molecule has 0 unspecified atom stereocenters. The molecular formula is C23H26FN3O3S. The number of hydrogen-bond donors (Lipinski definition) is 1. The average molecular weight is 444 g/mol. The van der Waals surface area contributed by atoms with Crippen molar-refractivity contribution in [3.8, 4) is 5.75 Å². The van der Waals surface area contributed by atoms with Gasteiger partial charge in [0.1, 0.15) is 17.6 Å². The number of rotatable bonds is 8. The summed E-state index contributed by atoms with van der Waals surface area (Å²) in [7, 11) is 0. The molecule has 164 valence electrons. The Bertz CT molecular complexity index is 948. The zero-order valence-electron chi connectivity index (χ0n) is 17.8. The monoisotopic (exact) mass is 443 g/mol. The molecule has 8 heteroatoms. The second kappa shape index (κ2) is 9.87. The van der Waals surface area contributed by atoms with E-state index in [0.717, 1.165) is 11.3 Å². The van der Waals surface area contributed by atoms with Crippen molar-refractivity contribution in [3.63, 3.8) is 0 Å². The summed E-state index contributed by atoms with van der Waals surface area (Å²) < 4.78 is 18.6. The molecule has 0 saturated carbocycles. The molecule has 0 bridgehead atoms. The predicted molar refractivity (Wildman–Crippen MR) is 121 cm³/mol. The maximum Gasteiger partial charge on any atom is 0.252 e. The van der Waals surface area contributed by atoms with Crippen LogP contribution in [-0.4, -0.2) is 45.4 Å². The highest BCUT2D eigenvalue weighted by atomic mass is 32.1. The van der Waals surface area contributed by atoms with Gasteiger partial charge < -0.3 is 15.0 Å². The van der Waals surface area contributed by atoms with Gasteiger partial charge in [-0.1, -0.05) is 12.1 Å². The summed E-state index contributed by atoms with van der Waals surface area (Å²) in [5.74, 6) is -0.129. The van der Waals surface area contributed by atoms with Gasteiger partial charge in [0.05, 0.1) is 19.6 Å². The molecule has 3 rings (SSSR count). The molecule has 0 aromatic heterocycles. The largest absolute Gasteiger partial charge is 0.494 e. The van der Waals surface area contributed by atoms with E-state index >= 15 is 0 Å². The number of carbonyl (C=O) groups is 2. The smallest absolute Gasteiger partial charge is 0.252 e. The van der Waals surface area contributed by atoms with Crippen molar-refractivity contribution in [1.29, 1.82) is 0 Å². The van der Waals surface area contributed by atoms with Crippen molar-refractivity contribution in [3.05, 3.63) is 59.9 Å². The molecular weight excluding hydrogens is 417 g/mol. The lowest BCUT2D eigenvalue weighted by atomic mass is 10.1. The van der Waals surface area contributed by atoms with Crippen LogP contribution in [0.15, 0.2) is 48.5 Å². The molecule has 2 amide bonds. The van der Waals surface area contributed by atoms with Crippen molar-refractivity contribution in [2.24, 2.45) is 0 Å². The lowest BCUT2D eigenvalue weighted by Crippen LogP contribution is -2.42. The molecule has 0 spiro atoms. The highest BCUT2D eigenvalue weighted by molar-refractivity contribution is 7.80. The van der Waals surface area contributed by atoms with Gasteiger partial charge >= 0.3 is 0 Å². The molecule has 6 nitrogen and oxygen atoms in total. The van der Waals surface area contributed by atoms with Crippen LogP contribution in [-0.2, 0) is 16.1 Å². The van der Waals surface area contributed by atoms with E-state index in [4.69, 9.17) is 17.0 Å². The summed E-state index contributed by atoms with van der Waals surface area (Å²) >= 11 is 5.55. The number of anilines is 1. The summed E-state index contributed by atoms with van der Waals surface area (Å²) in [6.45, 7) is 6.56. The van der Waals surface area contributed by atoms with Crippen molar-refractivity contribution >= 4 is 34.8 Å². The van der Waals surface area contributed by atoms with E-state index in [1.807, 2.05) is 20.8 Å². The minimum Gasteiger partial charge on any atom is -0.494 e. The van der Waals surface area contributed by atoms with Gasteiger partial charge in [-0.2, -0.15) is 0 Å². The van der Waals surface area contributed by atoms with Gasteiger partial charge in [-0.05, 0) is 75.0 Å². The van der Waals surface area contributed by atoms with Gasteiger partial charge in [-0.3, -0.25) is 14.5 Å². The van der Waals surface area contributed by atoms with Crippen LogP contribution in [0.3, 0.4) is 0 Å². The predicted octanol–water partition coefficient (Wildman–Crippen LogP) is 3.96. The fraction of sp³-hybridized carbons (Fsp3) is 0.348. The van der Waals surface area contributed by atoms with Gasteiger partial charge in [0.15, 0.2) is 5.11 Å². The number of thiocarbonyl (C=S) groups is 1. The molecule has 2 aromatic rings. The molecule has 1 fully saturated rings. The first-order chi connectivity index (χ1) is 14.8. The third kappa shape index (κ3) is 5.38. The highest BCUT2D eigenvalue weighted by Crippen LogP contribution is 2.26. The number of amides is 2. The zero-order valence-corrected chi connectivity index (χ0v) is 18.6. The first-order valence-electron chi connectivity index (χ1n) is 10.2. The molecule has 1 aliphatic heterocycles. The normalized spacial score (nSPS) is 16.2. The third-order valence-electron chi connectivity index (χ3n) is 4.98. The number of benzene rings is 2. The Hall–Kier alpha value is -3.00. The first kappa shape index (κ1) is 22.7. The van der Waals surface area contributed by atoms with Crippen molar-refractivity contribution < 1.29 is 18.7 Å². The summed E-state index contributed by atoms with van der Waals surface area (Å²) in [6, 6.07) is 12.3. The molecule has 1 heterocycles. The highest BCUT2D eigenvalue weighted by Gasteiger charge is 2.44. The molecule has 2 aromatic carbocycles. The lowest BCUT2D eigenvalue weighted by Gasteiger charge is -2.27. The summed E-state index contributed by atoms with van der Waals surface area (Å²) in [4.78, 5) is 29.1. The van der Waals surface area contributed by atoms with Crippen LogP contribution in [0.4, 0.5) is 10.1 Å². The molecule has 1 atom stereocenters. The van der Waals surface area contributed by atoms with E-state index in [9.17, 15) is 14.0 Å². The van der Waals surface area contributed by atoms with Crippen LogP contribution in [0.5, 0.6) is 5.75 Å². The van der Waals surface area contributed by atoms with Gasteiger partial charge in [0.2, 0.25) is 5.91 Å². The Morgan fingerprint density at radius 3 is 2.39 bits per heavy atom. The Kier molecular flexibility index (Phi) is 7.22. The summed E-state index contributed by atoms with van der Waals surface area (Å²) in [6.07, 6.45) is -0.0235. The number of halogens is 1. The van der Waals surface area contributed by atoms with Crippen LogP contribution in [0, 0.1) is 5.82 Å². The van der Waals surface area contributed by atoms with Crippen LogP contribution in [0.25, 0.3) is 0 Å². The van der Waals surface area contributed by atoms with Crippen LogP contribution < -0.4 is 10.1 Å². The Labute approximate surface area is 187 Å². The minimum atomic E-state index is -0.685. The molecule has 0 aliphatic carbocycles. The van der Waals surface area contributed by atoms with Gasteiger partial charge in [0, 0.05) is 11.7 Å². The van der Waals surface area contributed by atoms with Crippen molar-refractivity contribution in [2.75, 3.05) is 11.9 Å². The fourth-order valence-corrected chi connectivity index (χ4v) is 4.03. The third-order valence-corrected chi connectivity index (χ3v) is 5.41. The van der Waals surface area contributed by atoms with Crippen LogP contribution in [0.2, 0.25) is 0 Å². The maximum atomic E-state index is 13.2. The molecule has 1 aliphatic rings. The summed E-state index contributed by atoms with van der Waals surface area (Å²) in [5, 5.41) is 3.20. The van der Waals surface area contributed by atoms with Gasteiger partial charge in [-0.15, -0.1) is 0 Å². The van der Waals surface area contributed by atoms with Crippen molar-refractivity contribution in [1.82, 2.24) is 9.80 Å². The van der Waals surface area contributed by atoms with E-state index in [0.29, 0.717) is 17.4 Å². The number of ether oxygens (including phenoxy) is 1. The zero-order chi connectivity index (χ0) is 22.5. The fourth-order valence-electron chi connectivity index (χ4n) is 3.54. The molecule has 1 N–H and O–H groups in total. The second-order valence-electron chi connectivity index (χ2n) is 7.56. The Morgan fingerprint density at radius 2 is 1.81 bits per heavy atom. The van der Waals surface area contributed by atoms with Crippen LogP contribution >= 0.6 is 12.2 Å². The minimum absolute atomic E-state index is 0.0235. The maximum absolute atomic E-state index is 13.2. The van der Waals surface area contributed by atoms with Gasteiger partial charge in [0.25, 0.3) is 5.91 Å². The molecule has 0 radical (unpaired) electrons. The van der Waals surface area contributed by atoms with E-state index in [1.54, 1.807) is 41.3 Å². The van der Waals surface area contributed by atoms with E-state index < -0.39 is 6.04 Å². The van der Waals surface area contributed by atoms with E-state index in [1.165, 1.54) is 17.0 Å². The number of nitrogens with zero attached hydrogens (tertiary/aromatic N) is 2. The molecule has 1 saturated heterocycles. The lowest BCUT2D eigenvalue weighted by molar-refractivity contribution is -0.131. The van der Waals surface area contributed by atoms with Gasteiger partial charge in [-0.25, -0.2) is 4.39 Å². The van der Waals surface area contributed by atoms with Crippen molar-refractivity contribution in [2.45, 2.75) is 45.8 Å². The average Bonchev–Trinajstić information content (AvgIpc) is 2.95. The quantitative estimate of drug-likeness (QED) is 0.626. The summed E-state index contributed by atoms with van der Waals surface area (Å²) in [5.41, 5.74) is 1.39. The van der Waals surface area contributed by atoms with E-state index in [-0.39, 0.29) is 36.6 Å². The number of nitrogens with one attached hydrogen (secondary N) is 1. The van der Waals surface area contributed by atoms with Crippen LogP contribution in [0.1, 0.15) is 32.8 Å². The SMILES string of the molecule is CCOc1ccc(NC(=O)C[C@H]2C(=O)N(Cc3ccc(F)cc3)C(=S)N2C(C)C)cc1. The Morgan fingerprint density at radius 1 is 1.16 bits per heavy atom. The number of hydrogen-bond acceptors (Lipinski definition) is 4. The Balaban J connectivity index is 1.70. The second-order valence-corrected chi connectivity index (χ2v) is 7.93. The molecule has 31 heavy (non-hydrogen) atoms.